The zero-order valence-electron chi connectivity index (χ0n) is 8.99. The summed E-state index contributed by atoms with van der Waals surface area (Å²) in [6.45, 7) is 2.19. The van der Waals surface area contributed by atoms with E-state index in [-0.39, 0.29) is 12.3 Å². The van der Waals surface area contributed by atoms with Gasteiger partial charge in [-0.1, -0.05) is 19.8 Å². The molecule has 2 atom stereocenters. The van der Waals surface area contributed by atoms with Crippen molar-refractivity contribution in [2.75, 3.05) is 7.05 Å². The Morgan fingerprint density at radius 3 is 2.71 bits per heavy atom. The average Bonchev–Trinajstić information content (AvgIpc) is 2.18. The minimum absolute atomic E-state index is 0.0136. The van der Waals surface area contributed by atoms with Gasteiger partial charge in [-0.3, -0.25) is 4.79 Å². The smallest absolute Gasteiger partial charge is 0.236 e. The third-order valence-electron chi connectivity index (χ3n) is 3.19. The lowest BCUT2D eigenvalue weighted by molar-refractivity contribution is -0.132. The maximum atomic E-state index is 11.5. The van der Waals surface area contributed by atoms with E-state index in [2.05, 4.69) is 6.92 Å². The lowest BCUT2D eigenvalue weighted by Crippen LogP contribution is -2.42. The molecule has 0 N–H and O–H groups in total. The minimum atomic E-state index is -0.0359. The Morgan fingerprint density at radius 1 is 1.50 bits per heavy atom. The Morgan fingerprint density at radius 2 is 2.14 bits per heavy atom. The van der Waals surface area contributed by atoms with E-state index >= 15 is 0 Å². The fourth-order valence-corrected chi connectivity index (χ4v) is 2.25. The molecule has 2 unspecified atom stereocenters. The normalized spacial score (nSPS) is 26.6. The van der Waals surface area contributed by atoms with E-state index in [1.54, 1.807) is 4.90 Å². The van der Waals surface area contributed by atoms with Gasteiger partial charge in [0.15, 0.2) is 0 Å². The van der Waals surface area contributed by atoms with Crippen LogP contribution in [0.25, 0.3) is 0 Å². The summed E-state index contributed by atoms with van der Waals surface area (Å²) in [5.41, 5.74) is 0. The molecule has 0 heterocycles. The summed E-state index contributed by atoms with van der Waals surface area (Å²) in [4.78, 5) is 13.3. The van der Waals surface area contributed by atoms with E-state index in [1.165, 1.54) is 19.3 Å². The Labute approximate surface area is 85.7 Å². The van der Waals surface area contributed by atoms with Crippen molar-refractivity contribution >= 4 is 5.91 Å². The molecule has 0 aromatic rings. The summed E-state index contributed by atoms with van der Waals surface area (Å²) in [6, 6.07) is 2.26. The summed E-state index contributed by atoms with van der Waals surface area (Å²) in [5.74, 6) is 0.544. The van der Waals surface area contributed by atoms with Crippen LogP contribution in [0.15, 0.2) is 0 Å². The van der Waals surface area contributed by atoms with Gasteiger partial charge in [0.1, 0.15) is 6.42 Å². The molecule has 1 rings (SSSR count). The number of nitrogens with zero attached hydrogens (tertiary/aromatic N) is 2. The van der Waals surface area contributed by atoms with E-state index in [0.29, 0.717) is 12.0 Å². The van der Waals surface area contributed by atoms with E-state index in [1.807, 2.05) is 13.1 Å². The molecule has 1 fully saturated rings. The van der Waals surface area contributed by atoms with Gasteiger partial charge < -0.3 is 4.90 Å². The van der Waals surface area contributed by atoms with Gasteiger partial charge in [0, 0.05) is 13.1 Å². The van der Waals surface area contributed by atoms with Gasteiger partial charge in [-0.25, -0.2) is 0 Å². The van der Waals surface area contributed by atoms with Gasteiger partial charge in [-0.05, 0) is 18.8 Å². The molecule has 1 aliphatic carbocycles. The summed E-state index contributed by atoms with van der Waals surface area (Å²) < 4.78 is 0. The largest absolute Gasteiger partial charge is 0.342 e. The molecule has 3 heteroatoms. The Bertz CT molecular complexity index is 244. The maximum absolute atomic E-state index is 11.5. The monoisotopic (exact) mass is 194 g/mol. The first kappa shape index (κ1) is 11.0. The Kier molecular flexibility index (Phi) is 3.94. The second kappa shape index (κ2) is 4.99. The van der Waals surface area contributed by atoms with E-state index in [4.69, 9.17) is 5.26 Å². The standard InChI is InChI=1S/C11H18N2O/c1-9-5-3-4-6-10(9)13(2)11(14)7-8-12/h9-10H,3-7H2,1-2H3. The number of carbonyl (C=O) groups excluding carboxylic acids is 1. The van der Waals surface area contributed by atoms with Crippen LogP contribution in [0.1, 0.15) is 39.0 Å². The summed E-state index contributed by atoms with van der Waals surface area (Å²) in [5, 5.41) is 8.45. The topological polar surface area (TPSA) is 44.1 Å². The number of nitriles is 1. The van der Waals surface area contributed by atoms with Crippen LogP contribution in [0.5, 0.6) is 0 Å². The zero-order valence-corrected chi connectivity index (χ0v) is 8.99. The molecule has 1 aliphatic rings. The van der Waals surface area contributed by atoms with Crippen LogP contribution < -0.4 is 0 Å². The Hall–Kier alpha value is -1.04. The predicted molar refractivity (Wildman–Crippen MR) is 54.4 cm³/mol. The molecule has 0 aromatic heterocycles. The van der Waals surface area contributed by atoms with Crippen molar-refractivity contribution < 1.29 is 4.79 Å². The lowest BCUT2D eigenvalue weighted by Gasteiger charge is -2.35. The third kappa shape index (κ3) is 2.47. The fraction of sp³-hybridized carbons (Fsp3) is 0.818. The molecular formula is C11H18N2O. The number of rotatable bonds is 2. The molecule has 78 valence electrons. The molecule has 0 radical (unpaired) electrons. The van der Waals surface area contributed by atoms with Crippen LogP contribution in [0.3, 0.4) is 0 Å². The first-order chi connectivity index (χ1) is 6.66. The molecule has 1 saturated carbocycles. The molecule has 0 bridgehead atoms. The highest BCUT2D eigenvalue weighted by Gasteiger charge is 2.27. The van der Waals surface area contributed by atoms with E-state index in [0.717, 1.165) is 6.42 Å². The van der Waals surface area contributed by atoms with Gasteiger partial charge in [-0.2, -0.15) is 5.26 Å². The number of hydrogen-bond acceptors (Lipinski definition) is 2. The van der Waals surface area contributed by atoms with Crippen LogP contribution in [0.4, 0.5) is 0 Å². The van der Waals surface area contributed by atoms with E-state index < -0.39 is 0 Å². The molecule has 0 aromatic carbocycles. The van der Waals surface area contributed by atoms with Gasteiger partial charge in [-0.15, -0.1) is 0 Å². The van der Waals surface area contributed by atoms with Crippen molar-refractivity contribution in [2.24, 2.45) is 5.92 Å². The molecule has 1 amide bonds. The van der Waals surface area contributed by atoms with Crippen LogP contribution in [0, 0.1) is 17.2 Å². The summed E-state index contributed by atoms with van der Waals surface area (Å²) in [7, 11) is 1.83. The molecule has 0 aliphatic heterocycles. The molecular weight excluding hydrogens is 176 g/mol. The molecule has 0 saturated heterocycles. The molecule has 0 spiro atoms. The highest BCUT2D eigenvalue weighted by Crippen LogP contribution is 2.27. The third-order valence-corrected chi connectivity index (χ3v) is 3.19. The fourth-order valence-electron chi connectivity index (χ4n) is 2.25. The first-order valence-corrected chi connectivity index (χ1v) is 5.29. The average molecular weight is 194 g/mol. The molecule has 3 nitrogen and oxygen atoms in total. The highest BCUT2D eigenvalue weighted by molar-refractivity contribution is 5.78. The number of carbonyl (C=O) groups is 1. The minimum Gasteiger partial charge on any atom is -0.342 e. The van der Waals surface area contributed by atoms with Gasteiger partial charge >= 0.3 is 0 Å². The number of amides is 1. The van der Waals surface area contributed by atoms with Gasteiger partial charge in [0.2, 0.25) is 5.91 Å². The molecule has 14 heavy (non-hydrogen) atoms. The highest BCUT2D eigenvalue weighted by atomic mass is 16.2. The van der Waals surface area contributed by atoms with Crippen molar-refractivity contribution in [1.82, 2.24) is 4.90 Å². The van der Waals surface area contributed by atoms with Crippen LogP contribution in [-0.4, -0.2) is 23.9 Å². The van der Waals surface area contributed by atoms with Gasteiger partial charge in [0.05, 0.1) is 6.07 Å². The lowest BCUT2D eigenvalue weighted by atomic mass is 9.85. The van der Waals surface area contributed by atoms with Crippen LogP contribution in [-0.2, 0) is 4.79 Å². The number of hydrogen-bond donors (Lipinski definition) is 0. The van der Waals surface area contributed by atoms with E-state index in [9.17, 15) is 4.79 Å². The summed E-state index contributed by atoms with van der Waals surface area (Å²) in [6.07, 6.45) is 4.79. The van der Waals surface area contributed by atoms with Gasteiger partial charge in [0.25, 0.3) is 0 Å². The quantitative estimate of drug-likeness (QED) is 0.674. The second-order valence-corrected chi connectivity index (χ2v) is 4.17. The SMILES string of the molecule is CC1CCCCC1N(C)C(=O)CC#N. The first-order valence-electron chi connectivity index (χ1n) is 5.29. The zero-order chi connectivity index (χ0) is 10.6. The summed E-state index contributed by atoms with van der Waals surface area (Å²) >= 11 is 0. The van der Waals surface area contributed by atoms with Crippen LogP contribution >= 0.6 is 0 Å². The van der Waals surface area contributed by atoms with Crippen molar-refractivity contribution in [1.29, 1.82) is 5.26 Å². The predicted octanol–water partition coefficient (Wildman–Crippen LogP) is 1.94. The van der Waals surface area contributed by atoms with Crippen molar-refractivity contribution in [3.8, 4) is 6.07 Å². The second-order valence-electron chi connectivity index (χ2n) is 4.17. The van der Waals surface area contributed by atoms with Crippen molar-refractivity contribution in [3.05, 3.63) is 0 Å². The Balaban J connectivity index is 2.54. The maximum Gasteiger partial charge on any atom is 0.236 e. The van der Waals surface area contributed by atoms with Crippen molar-refractivity contribution in [3.63, 3.8) is 0 Å². The van der Waals surface area contributed by atoms with Crippen molar-refractivity contribution in [2.45, 2.75) is 45.1 Å². The van der Waals surface area contributed by atoms with Crippen LogP contribution in [0.2, 0.25) is 0 Å².